The highest BCUT2D eigenvalue weighted by Crippen LogP contribution is 2.22. The van der Waals surface area contributed by atoms with Crippen LogP contribution in [0.1, 0.15) is 57.4 Å². The van der Waals surface area contributed by atoms with Crippen molar-refractivity contribution >= 4 is 0 Å². The molecular formula is C17H29N3O. The van der Waals surface area contributed by atoms with Crippen LogP contribution >= 0.6 is 0 Å². The van der Waals surface area contributed by atoms with Gasteiger partial charge in [-0.3, -0.25) is 9.69 Å². The molecule has 0 aromatic carbocycles. The van der Waals surface area contributed by atoms with Gasteiger partial charge >= 0.3 is 0 Å². The smallest absolute Gasteiger partial charge is 0.255 e. The number of pyridine rings is 1. The van der Waals surface area contributed by atoms with Gasteiger partial charge in [-0.05, 0) is 38.4 Å². The molecule has 1 aliphatic rings. The first-order valence-electron chi connectivity index (χ1n) is 8.15. The highest BCUT2D eigenvalue weighted by Gasteiger charge is 2.26. The molecule has 1 aromatic rings. The largest absolute Gasteiger partial charge is 0.322 e. The zero-order chi connectivity index (χ0) is 15.6. The van der Waals surface area contributed by atoms with E-state index in [1.54, 1.807) is 0 Å². The Morgan fingerprint density at radius 3 is 2.62 bits per heavy atom. The molecule has 1 aromatic heterocycles. The molecule has 4 nitrogen and oxygen atoms in total. The van der Waals surface area contributed by atoms with E-state index in [9.17, 15) is 4.79 Å². The standard InChI is InChI=1S/C17H29N3O/c1-5-7-9-20-15-8-10-19(6-2)12-13(15)11-14(16(20)21)17(3,4)18/h11H,5-10,12,18H2,1-4H3. The van der Waals surface area contributed by atoms with Crippen LogP contribution in [0.3, 0.4) is 0 Å². The Kier molecular flexibility index (Phi) is 4.89. The van der Waals surface area contributed by atoms with E-state index < -0.39 is 5.54 Å². The second-order valence-electron chi connectivity index (χ2n) is 6.68. The molecule has 0 aliphatic carbocycles. The molecule has 0 saturated heterocycles. The normalized spacial score (nSPS) is 16.0. The molecule has 1 aliphatic heterocycles. The van der Waals surface area contributed by atoms with Gasteiger partial charge in [0.15, 0.2) is 0 Å². The number of unbranched alkanes of at least 4 members (excludes halogenated alkanes) is 1. The number of nitrogens with zero attached hydrogens (tertiary/aromatic N) is 2. The van der Waals surface area contributed by atoms with Gasteiger partial charge in [0.1, 0.15) is 0 Å². The highest BCUT2D eigenvalue weighted by atomic mass is 16.1. The van der Waals surface area contributed by atoms with E-state index in [0.717, 1.165) is 51.0 Å². The third-order valence-corrected chi connectivity index (χ3v) is 4.43. The molecule has 118 valence electrons. The number of hydrogen-bond acceptors (Lipinski definition) is 3. The molecule has 0 bridgehead atoms. The van der Waals surface area contributed by atoms with Crippen LogP contribution in [0.15, 0.2) is 10.9 Å². The lowest BCUT2D eigenvalue weighted by Gasteiger charge is -2.31. The summed E-state index contributed by atoms with van der Waals surface area (Å²) in [7, 11) is 0. The second-order valence-corrected chi connectivity index (χ2v) is 6.68. The van der Waals surface area contributed by atoms with Gasteiger partial charge in [0.2, 0.25) is 0 Å². The molecule has 0 amide bonds. The Hall–Kier alpha value is -1.13. The fraction of sp³-hybridized carbons (Fsp3) is 0.706. The number of nitrogens with two attached hydrogens (primary N) is 1. The molecular weight excluding hydrogens is 262 g/mol. The topological polar surface area (TPSA) is 51.3 Å². The molecule has 2 N–H and O–H groups in total. The van der Waals surface area contributed by atoms with E-state index in [-0.39, 0.29) is 5.56 Å². The number of hydrogen-bond donors (Lipinski definition) is 1. The van der Waals surface area contributed by atoms with Gasteiger partial charge in [-0.25, -0.2) is 0 Å². The summed E-state index contributed by atoms with van der Waals surface area (Å²) >= 11 is 0. The van der Waals surface area contributed by atoms with Crippen molar-refractivity contribution in [2.75, 3.05) is 13.1 Å². The minimum absolute atomic E-state index is 0.111. The lowest BCUT2D eigenvalue weighted by Crippen LogP contribution is -2.42. The van der Waals surface area contributed by atoms with E-state index in [1.807, 2.05) is 18.4 Å². The Balaban J connectivity index is 2.54. The lowest BCUT2D eigenvalue weighted by atomic mass is 9.92. The predicted molar refractivity (Wildman–Crippen MR) is 87.5 cm³/mol. The van der Waals surface area contributed by atoms with Crippen LogP contribution in [0, 0.1) is 0 Å². The van der Waals surface area contributed by atoms with Crippen LogP contribution in [-0.2, 0) is 25.0 Å². The zero-order valence-corrected chi connectivity index (χ0v) is 13.9. The van der Waals surface area contributed by atoms with E-state index in [1.165, 1.54) is 11.3 Å². The van der Waals surface area contributed by atoms with E-state index >= 15 is 0 Å². The molecule has 0 radical (unpaired) electrons. The zero-order valence-electron chi connectivity index (χ0n) is 13.9. The third-order valence-electron chi connectivity index (χ3n) is 4.43. The Labute approximate surface area is 127 Å². The predicted octanol–water partition coefficient (Wildman–Crippen LogP) is 2.22. The average molecular weight is 291 g/mol. The summed E-state index contributed by atoms with van der Waals surface area (Å²) in [6, 6.07) is 2.06. The first-order chi connectivity index (χ1) is 9.88. The quantitative estimate of drug-likeness (QED) is 0.905. The minimum atomic E-state index is -0.589. The van der Waals surface area contributed by atoms with E-state index in [0.29, 0.717) is 0 Å². The lowest BCUT2D eigenvalue weighted by molar-refractivity contribution is 0.260. The monoisotopic (exact) mass is 291 g/mol. The fourth-order valence-electron chi connectivity index (χ4n) is 3.06. The maximum Gasteiger partial charge on any atom is 0.255 e. The molecule has 0 atom stereocenters. The van der Waals surface area contributed by atoms with Gasteiger partial charge in [-0.1, -0.05) is 20.3 Å². The maximum atomic E-state index is 12.8. The summed E-state index contributed by atoms with van der Waals surface area (Å²) in [4.78, 5) is 15.2. The molecule has 21 heavy (non-hydrogen) atoms. The van der Waals surface area contributed by atoms with Crippen molar-refractivity contribution in [1.29, 1.82) is 0 Å². The first kappa shape index (κ1) is 16.2. The average Bonchev–Trinajstić information content (AvgIpc) is 2.44. The third kappa shape index (κ3) is 3.38. The van der Waals surface area contributed by atoms with Gasteiger partial charge in [-0.2, -0.15) is 0 Å². The highest BCUT2D eigenvalue weighted by molar-refractivity contribution is 5.32. The minimum Gasteiger partial charge on any atom is -0.322 e. The maximum absolute atomic E-state index is 12.8. The van der Waals surface area contributed by atoms with Crippen molar-refractivity contribution in [2.24, 2.45) is 5.73 Å². The van der Waals surface area contributed by atoms with Gasteiger partial charge in [0.05, 0.1) is 0 Å². The Morgan fingerprint density at radius 1 is 1.33 bits per heavy atom. The molecule has 0 unspecified atom stereocenters. The van der Waals surface area contributed by atoms with Crippen molar-refractivity contribution in [2.45, 2.75) is 65.6 Å². The fourth-order valence-corrected chi connectivity index (χ4v) is 3.06. The Morgan fingerprint density at radius 2 is 2.05 bits per heavy atom. The summed E-state index contributed by atoms with van der Waals surface area (Å²) in [6.45, 7) is 12.0. The van der Waals surface area contributed by atoms with Gasteiger partial charge in [0, 0.05) is 42.9 Å². The number of likely N-dealkylation sites (N-methyl/N-ethyl adjacent to an activating group) is 1. The van der Waals surface area contributed by atoms with Crippen LogP contribution in [0.4, 0.5) is 0 Å². The molecule has 0 spiro atoms. The summed E-state index contributed by atoms with van der Waals surface area (Å²) in [6.07, 6.45) is 3.10. The van der Waals surface area contributed by atoms with Crippen molar-refractivity contribution < 1.29 is 0 Å². The van der Waals surface area contributed by atoms with E-state index in [4.69, 9.17) is 5.73 Å². The van der Waals surface area contributed by atoms with E-state index in [2.05, 4.69) is 24.8 Å². The van der Waals surface area contributed by atoms with Crippen LogP contribution in [0.5, 0.6) is 0 Å². The molecule has 2 heterocycles. The van der Waals surface area contributed by atoms with Crippen molar-refractivity contribution in [3.8, 4) is 0 Å². The molecule has 0 fully saturated rings. The van der Waals surface area contributed by atoms with Crippen molar-refractivity contribution in [3.05, 3.63) is 33.2 Å². The Bertz CT molecular complexity index is 554. The van der Waals surface area contributed by atoms with Crippen LogP contribution < -0.4 is 11.3 Å². The van der Waals surface area contributed by atoms with Crippen LogP contribution in [0.25, 0.3) is 0 Å². The summed E-state index contributed by atoms with van der Waals surface area (Å²) in [5.41, 5.74) is 9.01. The summed E-state index contributed by atoms with van der Waals surface area (Å²) < 4.78 is 2.00. The number of aromatic nitrogens is 1. The van der Waals surface area contributed by atoms with Gasteiger partial charge in [0.25, 0.3) is 5.56 Å². The van der Waals surface area contributed by atoms with Crippen molar-refractivity contribution in [3.63, 3.8) is 0 Å². The first-order valence-corrected chi connectivity index (χ1v) is 8.15. The number of fused-ring (bicyclic) bond motifs is 1. The molecule has 4 heteroatoms. The molecule has 0 saturated carbocycles. The summed E-state index contributed by atoms with van der Waals surface area (Å²) in [5.74, 6) is 0. The van der Waals surface area contributed by atoms with Crippen LogP contribution in [0.2, 0.25) is 0 Å². The molecule has 2 rings (SSSR count). The second kappa shape index (κ2) is 6.32. The summed E-state index contributed by atoms with van der Waals surface area (Å²) in [5, 5.41) is 0. The van der Waals surface area contributed by atoms with Gasteiger partial charge in [-0.15, -0.1) is 0 Å². The van der Waals surface area contributed by atoms with Crippen LogP contribution in [-0.4, -0.2) is 22.6 Å². The van der Waals surface area contributed by atoms with Crippen molar-refractivity contribution in [1.82, 2.24) is 9.47 Å². The van der Waals surface area contributed by atoms with Gasteiger partial charge < -0.3 is 10.3 Å². The SMILES string of the molecule is CCCCn1c2c(cc(C(C)(C)N)c1=O)CN(CC)CC2. The number of rotatable bonds is 5.